The number of carbonyl (C=O) groups excluding carboxylic acids is 2. The summed E-state index contributed by atoms with van der Waals surface area (Å²) >= 11 is 0. The molecule has 0 aliphatic carbocycles. The second-order valence-corrected chi connectivity index (χ2v) is 7.44. The van der Waals surface area contributed by atoms with Gasteiger partial charge in [-0.25, -0.2) is 4.39 Å². The van der Waals surface area contributed by atoms with E-state index in [1.807, 2.05) is 13.0 Å². The topological polar surface area (TPSA) is 71.8 Å². The molecule has 1 aliphatic heterocycles. The van der Waals surface area contributed by atoms with E-state index in [0.29, 0.717) is 37.3 Å². The second-order valence-electron chi connectivity index (χ2n) is 7.44. The van der Waals surface area contributed by atoms with Gasteiger partial charge in [-0.05, 0) is 50.1 Å². The van der Waals surface area contributed by atoms with Crippen molar-refractivity contribution >= 4 is 22.8 Å². The number of benzene rings is 2. The fraction of sp³-hybridized carbons (Fsp3) is 0.304. The third kappa shape index (κ3) is 3.75. The van der Waals surface area contributed by atoms with Gasteiger partial charge in [0.2, 0.25) is 0 Å². The first-order valence-electron chi connectivity index (χ1n) is 9.89. The van der Waals surface area contributed by atoms with E-state index in [1.165, 1.54) is 12.1 Å². The van der Waals surface area contributed by atoms with Crippen molar-refractivity contribution in [2.24, 2.45) is 0 Å². The fourth-order valence-corrected chi connectivity index (χ4v) is 3.83. The van der Waals surface area contributed by atoms with Crippen molar-refractivity contribution in [2.75, 3.05) is 20.2 Å². The van der Waals surface area contributed by atoms with Crippen LogP contribution in [0.1, 0.15) is 39.3 Å². The molecule has 1 saturated heterocycles. The quantitative estimate of drug-likeness (QED) is 0.708. The van der Waals surface area contributed by atoms with Crippen molar-refractivity contribution < 1.29 is 23.1 Å². The standard InChI is InChI=1S/C23H23FN2O4/c1-14-18-13-16(29-2)7-8-20(18)30-21(14)22(27)25-15-9-11-26(12-10-15)23(28)17-5-3-4-6-19(17)24/h3-8,13,15H,9-12H2,1-2H3,(H,25,27). The molecule has 0 spiro atoms. The molecule has 156 valence electrons. The van der Waals surface area contributed by atoms with Crippen LogP contribution in [0.5, 0.6) is 5.75 Å². The lowest BCUT2D eigenvalue weighted by atomic mass is 10.0. The third-order valence-electron chi connectivity index (χ3n) is 5.57. The van der Waals surface area contributed by atoms with Gasteiger partial charge in [-0.2, -0.15) is 0 Å². The Balaban J connectivity index is 1.40. The zero-order valence-electron chi connectivity index (χ0n) is 16.9. The fourth-order valence-electron chi connectivity index (χ4n) is 3.83. The first-order valence-corrected chi connectivity index (χ1v) is 9.89. The lowest BCUT2D eigenvalue weighted by Crippen LogP contribution is -2.46. The molecule has 0 atom stereocenters. The Labute approximate surface area is 173 Å². The van der Waals surface area contributed by atoms with E-state index in [1.54, 1.807) is 36.3 Å². The van der Waals surface area contributed by atoms with Crippen LogP contribution in [-0.2, 0) is 0 Å². The molecule has 1 fully saturated rings. The number of fused-ring (bicyclic) bond motifs is 1. The number of furan rings is 1. The molecular weight excluding hydrogens is 387 g/mol. The zero-order valence-corrected chi connectivity index (χ0v) is 16.9. The molecule has 0 radical (unpaired) electrons. The van der Waals surface area contributed by atoms with Gasteiger partial charge in [-0.15, -0.1) is 0 Å². The summed E-state index contributed by atoms with van der Waals surface area (Å²) in [6.45, 7) is 2.75. The van der Waals surface area contributed by atoms with Gasteiger partial charge >= 0.3 is 0 Å². The van der Waals surface area contributed by atoms with Gasteiger partial charge in [0.15, 0.2) is 5.76 Å². The van der Waals surface area contributed by atoms with Gasteiger partial charge in [-0.3, -0.25) is 9.59 Å². The van der Waals surface area contributed by atoms with Gasteiger partial charge < -0.3 is 19.4 Å². The Bertz CT molecular complexity index is 1100. The molecule has 3 aromatic rings. The lowest BCUT2D eigenvalue weighted by molar-refractivity contribution is 0.0691. The van der Waals surface area contributed by atoms with E-state index in [2.05, 4.69) is 5.32 Å². The molecule has 0 unspecified atom stereocenters. The van der Waals surface area contributed by atoms with Crippen LogP contribution in [0.25, 0.3) is 11.0 Å². The number of methoxy groups -OCH3 is 1. The van der Waals surface area contributed by atoms with E-state index in [4.69, 9.17) is 9.15 Å². The molecule has 1 aromatic heterocycles. The average Bonchev–Trinajstić information content (AvgIpc) is 3.10. The minimum absolute atomic E-state index is 0.0771. The van der Waals surface area contributed by atoms with E-state index >= 15 is 0 Å². The Hall–Kier alpha value is -3.35. The molecule has 1 aliphatic rings. The highest BCUT2D eigenvalue weighted by Crippen LogP contribution is 2.29. The predicted molar refractivity (Wildman–Crippen MR) is 110 cm³/mol. The maximum atomic E-state index is 13.9. The molecule has 30 heavy (non-hydrogen) atoms. The summed E-state index contributed by atoms with van der Waals surface area (Å²) in [5.74, 6) is -0.134. The Kier molecular flexibility index (Phi) is 5.44. The van der Waals surface area contributed by atoms with Crippen LogP contribution >= 0.6 is 0 Å². The first-order chi connectivity index (χ1) is 14.5. The first kappa shape index (κ1) is 19.9. The number of carbonyl (C=O) groups is 2. The minimum Gasteiger partial charge on any atom is -0.497 e. The maximum absolute atomic E-state index is 13.9. The number of nitrogens with one attached hydrogen (secondary N) is 1. The van der Waals surface area contributed by atoms with Crippen LogP contribution in [0.3, 0.4) is 0 Å². The summed E-state index contributed by atoms with van der Waals surface area (Å²) in [6.07, 6.45) is 1.19. The summed E-state index contributed by atoms with van der Waals surface area (Å²) in [6, 6.07) is 11.3. The van der Waals surface area contributed by atoms with E-state index < -0.39 is 5.82 Å². The van der Waals surface area contributed by atoms with Crippen molar-refractivity contribution in [2.45, 2.75) is 25.8 Å². The summed E-state index contributed by atoms with van der Waals surface area (Å²) in [5.41, 5.74) is 1.46. The number of nitrogens with zero attached hydrogens (tertiary/aromatic N) is 1. The summed E-state index contributed by atoms with van der Waals surface area (Å²) in [5, 5.41) is 3.84. The van der Waals surface area contributed by atoms with Crippen LogP contribution in [-0.4, -0.2) is 43.0 Å². The van der Waals surface area contributed by atoms with Gasteiger partial charge in [-0.1, -0.05) is 12.1 Å². The SMILES string of the molecule is COc1ccc2oc(C(=O)NC3CCN(C(=O)c4ccccc4F)CC3)c(C)c2c1. The average molecular weight is 410 g/mol. The van der Waals surface area contributed by atoms with Gasteiger partial charge in [0.25, 0.3) is 11.8 Å². The minimum atomic E-state index is -0.519. The van der Waals surface area contributed by atoms with Crippen molar-refractivity contribution in [3.05, 3.63) is 65.2 Å². The van der Waals surface area contributed by atoms with Crippen molar-refractivity contribution in [1.82, 2.24) is 10.2 Å². The van der Waals surface area contributed by atoms with Crippen LogP contribution in [0.4, 0.5) is 4.39 Å². The lowest BCUT2D eigenvalue weighted by Gasteiger charge is -2.32. The highest BCUT2D eigenvalue weighted by atomic mass is 19.1. The second kappa shape index (κ2) is 8.18. The Morgan fingerprint density at radius 2 is 1.90 bits per heavy atom. The molecule has 2 heterocycles. The summed E-state index contributed by atoms with van der Waals surface area (Å²) in [7, 11) is 1.59. The molecule has 6 nitrogen and oxygen atoms in total. The number of likely N-dealkylation sites (tertiary alicyclic amines) is 1. The Morgan fingerprint density at radius 1 is 1.17 bits per heavy atom. The molecular formula is C23H23FN2O4. The maximum Gasteiger partial charge on any atom is 0.287 e. The summed E-state index contributed by atoms with van der Waals surface area (Å²) in [4.78, 5) is 26.9. The highest BCUT2D eigenvalue weighted by molar-refractivity contribution is 5.99. The van der Waals surface area contributed by atoms with E-state index in [9.17, 15) is 14.0 Å². The molecule has 2 aromatic carbocycles. The largest absolute Gasteiger partial charge is 0.497 e. The molecule has 0 bridgehead atoms. The molecule has 2 amide bonds. The van der Waals surface area contributed by atoms with Crippen molar-refractivity contribution in [1.29, 1.82) is 0 Å². The van der Waals surface area contributed by atoms with Crippen LogP contribution in [0.15, 0.2) is 46.9 Å². The third-order valence-corrected chi connectivity index (χ3v) is 5.57. The number of ether oxygens (including phenoxy) is 1. The summed E-state index contributed by atoms with van der Waals surface area (Å²) < 4.78 is 24.9. The number of amides is 2. The van der Waals surface area contributed by atoms with Crippen molar-refractivity contribution in [3.63, 3.8) is 0 Å². The molecule has 0 saturated carbocycles. The number of aryl methyl sites for hydroxylation is 1. The number of piperidine rings is 1. The van der Waals surface area contributed by atoms with Gasteiger partial charge in [0.1, 0.15) is 17.1 Å². The van der Waals surface area contributed by atoms with Crippen molar-refractivity contribution in [3.8, 4) is 5.75 Å². The normalized spacial score (nSPS) is 14.7. The number of halogens is 1. The molecule has 1 N–H and O–H groups in total. The Morgan fingerprint density at radius 3 is 2.60 bits per heavy atom. The monoisotopic (exact) mass is 410 g/mol. The number of hydrogen-bond donors (Lipinski definition) is 1. The van der Waals surface area contributed by atoms with E-state index in [0.717, 1.165) is 10.9 Å². The van der Waals surface area contributed by atoms with Crippen LogP contribution in [0.2, 0.25) is 0 Å². The number of rotatable bonds is 4. The van der Waals surface area contributed by atoms with E-state index in [-0.39, 0.29) is 29.2 Å². The number of hydrogen-bond acceptors (Lipinski definition) is 4. The van der Waals surface area contributed by atoms with Crippen LogP contribution < -0.4 is 10.1 Å². The predicted octanol–water partition coefficient (Wildman–Crippen LogP) is 3.92. The molecule has 7 heteroatoms. The highest BCUT2D eigenvalue weighted by Gasteiger charge is 2.27. The zero-order chi connectivity index (χ0) is 21.3. The smallest absolute Gasteiger partial charge is 0.287 e. The van der Waals surface area contributed by atoms with Gasteiger partial charge in [0, 0.05) is 30.1 Å². The molecule has 4 rings (SSSR count). The van der Waals surface area contributed by atoms with Crippen LogP contribution in [0, 0.1) is 12.7 Å². The van der Waals surface area contributed by atoms with Gasteiger partial charge in [0.05, 0.1) is 12.7 Å².